The van der Waals surface area contributed by atoms with Crippen molar-refractivity contribution in [2.75, 3.05) is 20.2 Å². The van der Waals surface area contributed by atoms with E-state index in [0.717, 1.165) is 28.3 Å². The highest BCUT2D eigenvalue weighted by Crippen LogP contribution is 2.23. The predicted molar refractivity (Wildman–Crippen MR) is 110 cm³/mol. The Bertz CT molecular complexity index is 961. The number of rotatable bonds is 8. The van der Waals surface area contributed by atoms with E-state index < -0.39 is 0 Å². The van der Waals surface area contributed by atoms with Crippen molar-refractivity contribution in [3.8, 4) is 11.5 Å². The smallest absolute Gasteiger partial charge is 0.257 e. The minimum absolute atomic E-state index is 0.118. The number of hydrogen-bond acceptors (Lipinski definition) is 5. The van der Waals surface area contributed by atoms with Gasteiger partial charge in [-0.25, -0.2) is 0 Å². The molecule has 6 heteroatoms. The van der Waals surface area contributed by atoms with Crippen LogP contribution in [0.3, 0.4) is 0 Å². The third-order valence-corrected chi connectivity index (χ3v) is 4.80. The quantitative estimate of drug-likeness (QED) is 0.569. The van der Waals surface area contributed by atoms with E-state index >= 15 is 0 Å². The lowest BCUT2D eigenvalue weighted by molar-refractivity contribution is 0.0769. The summed E-state index contributed by atoms with van der Waals surface area (Å²) in [6.45, 7) is 6.88. The summed E-state index contributed by atoms with van der Waals surface area (Å²) >= 11 is 0. The summed E-state index contributed by atoms with van der Waals surface area (Å²) in [7, 11) is 1.76. The molecule has 0 fully saturated rings. The van der Waals surface area contributed by atoms with E-state index in [4.69, 9.17) is 14.0 Å². The van der Waals surface area contributed by atoms with Crippen LogP contribution in [-0.2, 0) is 6.61 Å². The van der Waals surface area contributed by atoms with Gasteiger partial charge in [-0.1, -0.05) is 35.5 Å². The van der Waals surface area contributed by atoms with E-state index in [2.05, 4.69) is 5.16 Å². The fraction of sp³-hybridized carbons (Fsp3) is 0.304. The minimum Gasteiger partial charge on any atom is -0.491 e. The molecule has 1 amide bonds. The zero-order chi connectivity index (χ0) is 20.8. The van der Waals surface area contributed by atoms with Gasteiger partial charge in [-0.05, 0) is 44.5 Å². The van der Waals surface area contributed by atoms with Crippen LogP contribution in [0.4, 0.5) is 0 Å². The van der Waals surface area contributed by atoms with Crippen LogP contribution in [0.5, 0.6) is 11.5 Å². The lowest BCUT2D eigenvalue weighted by Gasteiger charge is -2.19. The average Bonchev–Trinajstić information content (AvgIpc) is 3.05. The van der Waals surface area contributed by atoms with Gasteiger partial charge in [0.25, 0.3) is 5.91 Å². The van der Waals surface area contributed by atoms with Gasteiger partial charge in [0.2, 0.25) is 0 Å². The number of carbonyl (C=O) groups excluding carboxylic acids is 1. The van der Waals surface area contributed by atoms with Crippen molar-refractivity contribution < 1.29 is 18.8 Å². The van der Waals surface area contributed by atoms with Crippen molar-refractivity contribution in [3.05, 3.63) is 76.7 Å². The summed E-state index contributed by atoms with van der Waals surface area (Å²) in [4.78, 5) is 14.6. The molecule has 1 aromatic heterocycles. The molecule has 0 atom stereocenters. The van der Waals surface area contributed by atoms with E-state index in [1.54, 1.807) is 24.1 Å². The van der Waals surface area contributed by atoms with Crippen LogP contribution in [0.1, 0.15) is 32.9 Å². The zero-order valence-electron chi connectivity index (χ0n) is 17.3. The molecule has 1 heterocycles. The molecule has 3 rings (SSSR count). The van der Waals surface area contributed by atoms with Crippen molar-refractivity contribution in [2.24, 2.45) is 0 Å². The molecule has 0 aliphatic rings. The van der Waals surface area contributed by atoms with Gasteiger partial charge in [0.15, 0.2) is 0 Å². The molecule has 0 saturated heterocycles. The van der Waals surface area contributed by atoms with E-state index in [1.165, 1.54) is 0 Å². The molecule has 2 aromatic carbocycles. The van der Waals surface area contributed by atoms with Gasteiger partial charge in [-0.15, -0.1) is 0 Å². The first kappa shape index (κ1) is 20.5. The second-order valence-corrected chi connectivity index (χ2v) is 6.93. The standard InChI is InChI=1S/C23H26N2O4/c1-16-9-5-7-11-21(16)27-14-13-25(4)23(26)19-10-6-8-12-22(19)28-15-20-17(2)24-29-18(20)3/h5-12H,13-15H2,1-4H3. The number of benzene rings is 2. The summed E-state index contributed by atoms with van der Waals surface area (Å²) in [6, 6.07) is 15.1. The monoisotopic (exact) mass is 394 g/mol. The Morgan fingerprint density at radius 2 is 1.69 bits per heavy atom. The van der Waals surface area contributed by atoms with Crippen molar-refractivity contribution in [2.45, 2.75) is 27.4 Å². The van der Waals surface area contributed by atoms with Crippen LogP contribution in [0.25, 0.3) is 0 Å². The normalized spacial score (nSPS) is 10.6. The number of hydrogen-bond donors (Lipinski definition) is 0. The molecule has 29 heavy (non-hydrogen) atoms. The molecule has 0 radical (unpaired) electrons. The van der Waals surface area contributed by atoms with Crippen molar-refractivity contribution in [3.63, 3.8) is 0 Å². The molecule has 0 aliphatic carbocycles. The maximum absolute atomic E-state index is 12.9. The van der Waals surface area contributed by atoms with E-state index in [9.17, 15) is 4.79 Å². The highest BCUT2D eigenvalue weighted by Gasteiger charge is 2.18. The molecule has 0 unspecified atom stereocenters. The number of aryl methyl sites for hydroxylation is 3. The third-order valence-electron chi connectivity index (χ3n) is 4.80. The summed E-state index contributed by atoms with van der Waals surface area (Å²) in [5, 5.41) is 3.93. The van der Waals surface area contributed by atoms with Crippen LogP contribution in [0.2, 0.25) is 0 Å². The van der Waals surface area contributed by atoms with Crippen LogP contribution < -0.4 is 9.47 Å². The molecular weight excluding hydrogens is 368 g/mol. The van der Waals surface area contributed by atoms with Crippen molar-refractivity contribution in [1.29, 1.82) is 0 Å². The second kappa shape index (κ2) is 9.28. The first-order valence-corrected chi connectivity index (χ1v) is 9.55. The summed E-state index contributed by atoms with van der Waals surface area (Å²) in [6.07, 6.45) is 0. The van der Waals surface area contributed by atoms with Crippen LogP contribution in [0, 0.1) is 20.8 Å². The van der Waals surface area contributed by atoms with Gasteiger partial charge in [0.1, 0.15) is 30.5 Å². The Morgan fingerprint density at radius 3 is 2.38 bits per heavy atom. The number of para-hydroxylation sites is 2. The second-order valence-electron chi connectivity index (χ2n) is 6.93. The zero-order valence-corrected chi connectivity index (χ0v) is 17.3. The molecule has 0 N–H and O–H groups in total. The lowest BCUT2D eigenvalue weighted by Crippen LogP contribution is -2.31. The number of aromatic nitrogens is 1. The molecule has 0 aliphatic heterocycles. The van der Waals surface area contributed by atoms with Gasteiger partial charge in [-0.3, -0.25) is 4.79 Å². The molecular formula is C23H26N2O4. The Morgan fingerprint density at radius 1 is 1.00 bits per heavy atom. The molecule has 3 aromatic rings. The van der Waals surface area contributed by atoms with Crippen LogP contribution in [-0.4, -0.2) is 36.2 Å². The fourth-order valence-electron chi connectivity index (χ4n) is 2.95. The lowest BCUT2D eigenvalue weighted by atomic mass is 10.1. The Balaban J connectivity index is 1.62. The Labute approximate surface area is 171 Å². The summed E-state index contributed by atoms with van der Waals surface area (Å²) < 4.78 is 16.9. The van der Waals surface area contributed by atoms with Gasteiger partial charge in [0.05, 0.1) is 23.4 Å². The molecule has 0 saturated carbocycles. The Kier molecular flexibility index (Phi) is 6.54. The maximum atomic E-state index is 12.9. The first-order chi connectivity index (χ1) is 14.0. The highest BCUT2D eigenvalue weighted by atomic mass is 16.5. The van der Waals surface area contributed by atoms with Gasteiger partial charge in [0, 0.05) is 7.05 Å². The largest absolute Gasteiger partial charge is 0.491 e. The summed E-state index contributed by atoms with van der Waals surface area (Å²) in [5.41, 5.74) is 3.27. The van der Waals surface area contributed by atoms with E-state index in [1.807, 2.05) is 57.2 Å². The average molecular weight is 394 g/mol. The number of likely N-dealkylation sites (N-methyl/N-ethyl adjacent to an activating group) is 1. The Hall–Kier alpha value is -3.28. The molecule has 0 spiro atoms. The third kappa shape index (κ3) is 4.96. The summed E-state index contributed by atoms with van der Waals surface area (Å²) in [5.74, 6) is 1.96. The van der Waals surface area contributed by atoms with Gasteiger partial charge >= 0.3 is 0 Å². The van der Waals surface area contributed by atoms with Gasteiger partial charge < -0.3 is 18.9 Å². The number of ether oxygens (including phenoxy) is 2. The first-order valence-electron chi connectivity index (χ1n) is 9.55. The van der Waals surface area contributed by atoms with Crippen LogP contribution in [0.15, 0.2) is 53.1 Å². The number of carbonyl (C=O) groups is 1. The van der Waals surface area contributed by atoms with E-state index in [-0.39, 0.29) is 5.91 Å². The van der Waals surface area contributed by atoms with Crippen LogP contribution >= 0.6 is 0 Å². The molecule has 152 valence electrons. The predicted octanol–water partition coefficient (Wildman–Crippen LogP) is 4.33. The fourth-order valence-corrected chi connectivity index (χ4v) is 2.95. The molecule has 0 bridgehead atoms. The SMILES string of the molecule is Cc1ccccc1OCCN(C)C(=O)c1ccccc1OCc1c(C)noc1C. The van der Waals surface area contributed by atoms with Gasteiger partial charge in [-0.2, -0.15) is 0 Å². The number of amides is 1. The number of nitrogens with zero attached hydrogens (tertiary/aromatic N) is 2. The topological polar surface area (TPSA) is 64.8 Å². The van der Waals surface area contributed by atoms with Crippen molar-refractivity contribution >= 4 is 5.91 Å². The van der Waals surface area contributed by atoms with Crippen molar-refractivity contribution in [1.82, 2.24) is 10.1 Å². The highest BCUT2D eigenvalue weighted by molar-refractivity contribution is 5.96. The minimum atomic E-state index is -0.118. The maximum Gasteiger partial charge on any atom is 0.257 e. The molecule has 6 nitrogen and oxygen atoms in total. The van der Waals surface area contributed by atoms with E-state index in [0.29, 0.717) is 31.1 Å².